The highest BCUT2D eigenvalue weighted by molar-refractivity contribution is 5.91. The third-order valence-corrected chi connectivity index (χ3v) is 6.76. The lowest BCUT2D eigenvalue weighted by molar-refractivity contribution is 0.0325. The van der Waals surface area contributed by atoms with E-state index in [2.05, 4.69) is 6.58 Å². The average molecular weight is 525 g/mol. The van der Waals surface area contributed by atoms with Gasteiger partial charge in [-0.15, -0.1) is 6.58 Å². The topological polar surface area (TPSA) is 44.8 Å². The first-order valence-corrected chi connectivity index (χ1v) is 12.9. The van der Waals surface area contributed by atoms with Crippen LogP contribution in [0.2, 0.25) is 0 Å². The molecule has 0 unspecified atom stereocenters. The van der Waals surface area contributed by atoms with Gasteiger partial charge in [0, 0.05) is 18.2 Å². The first-order chi connectivity index (χ1) is 18.4. The molecule has 3 aromatic rings. The van der Waals surface area contributed by atoms with E-state index in [1.165, 1.54) is 30.3 Å². The second-order valence-electron chi connectivity index (χ2n) is 9.24. The molecule has 0 aliphatic heterocycles. The molecule has 0 heterocycles. The van der Waals surface area contributed by atoms with Crippen LogP contribution in [0.25, 0.3) is 11.1 Å². The minimum absolute atomic E-state index is 0.105. The Kier molecular flexibility index (Phi) is 9.24. The summed E-state index contributed by atoms with van der Waals surface area (Å²) in [6.45, 7) is 6.60. The zero-order valence-electron chi connectivity index (χ0n) is 21.4. The smallest absolute Gasteiger partial charge is 0.343 e. The van der Waals surface area contributed by atoms with E-state index in [0.717, 1.165) is 12.8 Å². The highest BCUT2D eigenvalue weighted by atomic mass is 19.2. The molecule has 1 aliphatic rings. The number of hydrogen-bond acceptors (Lipinski definition) is 4. The molecule has 0 N–H and O–H groups in total. The zero-order valence-corrected chi connectivity index (χ0v) is 21.4. The first-order valence-electron chi connectivity index (χ1n) is 12.9. The zero-order chi connectivity index (χ0) is 27.1. The standard InChI is InChI=1S/C31H31F3O4/c1-3-5-18-37-24-14-15-25(27(32)19-24)20-6-8-22(9-7-20)31(35)38-28-17-16-26(29(33)30(28)34)21-10-12-23(13-11-21)36-4-2/h3,6-9,14-17,19,21,23H,1,4-5,10-13,18H2,2H3. The van der Waals surface area contributed by atoms with Crippen molar-refractivity contribution in [3.63, 3.8) is 0 Å². The quantitative estimate of drug-likeness (QED) is 0.117. The predicted octanol–water partition coefficient (Wildman–Crippen LogP) is 8.01. The number of ether oxygens (including phenoxy) is 3. The van der Waals surface area contributed by atoms with E-state index in [0.29, 0.717) is 54.9 Å². The largest absolute Gasteiger partial charge is 0.493 e. The van der Waals surface area contributed by atoms with Crippen LogP contribution in [0.4, 0.5) is 13.2 Å². The lowest BCUT2D eigenvalue weighted by Crippen LogP contribution is -2.21. The van der Waals surface area contributed by atoms with Crippen molar-refractivity contribution in [1.82, 2.24) is 0 Å². The van der Waals surface area contributed by atoms with Crippen molar-refractivity contribution < 1.29 is 32.2 Å². The molecule has 1 fully saturated rings. The summed E-state index contributed by atoms with van der Waals surface area (Å²) in [5.74, 6) is -3.65. The Labute approximate surface area is 221 Å². The Morgan fingerprint density at radius 1 is 0.974 bits per heavy atom. The summed E-state index contributed by atoms with van der Waals surface area (Å²) in [6, 6.07) is 13.4. The van der Waals surface area contributed by atoms with Crippen LogP contribution in [0.5, 0.6) is 11.5 Å². The molecular weight excluding hydrogens is 493 g/mol. The van der Waals surface area contributed by atoms with Crippen LogP contribution in [0.1, 0.15) is 60.9 Å². The van der Waals surface area contributed by atoms with Crippen molar-refractivity contribution in [1.29, 1.82) is 0 Å². The van der Waals surface area contributed by atoms with Gasteiger partial charge in [0.1, 0.15) is 11.6 Å². The Hall–Kier alpha value is -3.58. The van der Waals surface area contributed by atoms with Crippen molar-refractivity contribution in [2.45, 2.75) is 51.0 Å². The summed E-state index contributed by atoms with van der Waals surface area (Å²) in [5.41, 5.74) is 1.29. The van der Waals surface area contributed by atoms with Gasteiger partial charge in [-0.05, 0) is 86.4 Å². The molecule has 7 heteroatoms. The number of rotatable bonds is 10. The van der Waals surface area contributed by atoms with E-state index in [9.17, 15) is 18.0 Å². The summed E-state index contributed by atoms with van der Waals surface area (Å²) < 4.78 is 60.6. The SMILES string of the molecule is C=CCCOc1ccc(-c2ccc(C(=O)Oc3ccc(C4CCC(OCC)CC4)c(F)c3F)cc2)c(F)c1. The average Bonchev–Trinajstić information content (AvgIpc) is 2.92. The van der Waals surface area contributed by atoms with Crippen LogP contribution in [-0.2, 0) is 4.74 Å². The van der Waals surface area contributed by atoms with Crippen LogP contribution < -0.4 is 9.47 Å². The molecule has 0 radical (unpaired) electrons. The van der Waals surface area contributed by atoms with Gasteiger partial charge < -0.3 is 14.2 Å². The molecule has 1 aliphatic carbocycles. The van der Waals surface area contributed by atoms with E-state index in [4.69, 9.17) is 14.2 Å². The van der Waals surface area contributed by atoms with Crippen molar-refractivity contribution in [2.75, 3.05) is 13.2 Å². The molecule has 4 rings (SSSR count). The number of esters is 1. The first kappa shape index (κ1) is 27.5. The highest BCUT2D eigenvalue weighted by Crippen LogP contribution is 2.37. The number of carbonyl (C=O) groups excluding carboxylic acids is 1. The van der Waals surface area contributed by atoms with Crippen LogP contribution in [0, 0.1) is 17.5 Å². The van der Waals surface area contributed by atoms with Gasteiger partial charge in [0.05, 0.1) is 18.3 Å². The maximum atomic E-state index is 14.9. The molecule has 0 spiro atoms. The molecular formula is C31H31F3O4. The molecule has 38 heavy (non-hydrogen) atoms. The second-order valence-corrected chi connectivity index (χ2v) is 9.24. The minimum Gasteiger partial charge on any atom is -0.493 e. The molecule has 1 saturated carbocycles. The number of hydrogen-bond donors (Lipinski definition) is 0. The molecule has 0 amide bonds. The molecule has 0 bridgehead atoms. The van der Waals surface area contributed by atoms with E-state index >= 15 is 0 Å². The Bertz CT molecular complexity index is 1260. The molecule has 0 saturated heterocycles. The van der Waals surface area contributed by atoms with Gasteiger partial charge in [0.15, 0.2) is 11.6 Å². The van der Waals surface area contributed by atoms with Crippen LogP contribution in [-0.4, -0.2) is 25.3 Å². The number of carbonyl (C=O) groups is 1. The van der Waals surface area contributed by atoms with Crippen molar-refractivity contribution >= 4 is 5.97 Å². The molecule has 200 valence electrons. The third kappa shape index (κ3) is 6.45. The van der Waals surface area contributed by atoms with E-state index < -0.39 is 29.2 Å². The van der Waals surface area contributed by atoms with Crippen LogP contribution in [0.15, 0.2) is 67.3 Å². The van der Waals surface area contributed by atoms with E-state index in [1.54, 1.807) is 30.3 Å². The van der Waals surface area contributed by atoms with Gasteiger partial charge in [-0.25, -0.2) is 13.6 Å². The van der Waals surface area contributed by atoms with Crippen LogP contribution >= 0.6 is 0 Å². The fraction of sp³-hybridized carbons (Fsp3) is 0.323. The number of benzene rings is 3. The predicted molar refractivity (Wildman–Crippen MR) is 140 cm³/mol. The Morgan fingerprint density at radius 3 is 2.37 bits per heavy atom. The monoisotopic (exact) mass is 524 g/mol. The second kappa shape index (κ2) is 12.8. The normalized spacial score (nSPS) is 17.2. The van der Waals surface area contributed by atoms with Gasteiger partial charge in [0.25, 0.3) is 0 Å². The summed E-state index contributed by atoms with van der Waals surface area (Å²) >= 11 is 0. The van der Waals surface area contributed by atoms with Gasteiger partial charge in [0.2, 0.25) is 5.82 Å². The fourth-order valence-corrected chi connectivity index (χ4v) is 4.74. The molecule has 0 aromatic heterocycles. The maximum Gasteiger partial charge on any atom is 0.343 e. The van der Waals surface area contributed by atoms with Gasteiger partial charge in [-0.3, -0.25) is 0 Å². The summed E-state index contributed by atoms with van der Waals surface area (Å²) in [4.78, 5) is 12.6. The summed E-state index contributed by atoms with van der Waals surface area (Å²) in [7, 11) is 0. The Balaban J connectivity index is 1.41. The van der Waals surface area contributed by atoms with Crippen molar-refractivity contribution in [2.24, 2.45) is 0 Å². The van der Waals surface area contributed by atoms with Gasteiger partial charge in [-0.2, -0.15) is 4.39 Å². The summed E-state index contributed by atoms with van der Waals surface area (Å²) in [6.07, 6.45) is 5.53. The van der Waals surface area contributed by atoms with Crippen molar-refractivity contribution in [3.8, 4) is 22.6 Å². The molecule has 3 aromatic carbocycles. The van der Waals surface area contributed by atoms with Gasteiger partial charge in [-0.1, -0.05) is 24.3 Å². The van der Waals surface area contributed by atoms with Gasteiger partial charge >= 0.3 is 5.97 Å². The van der Waals surface area contributed by atoms with Crippen molar-refractivity contribution in [3.05, 3.63) is 95.8 Å². The lowest BCUT2D eigenvalue weighted by Gasteiger charge is -2.28. The van der Waals surface area contributed by atoms with E-state index in [1.807, 2.05) is 6.92 Å². The number of halogens is 3. The third-order valence-electron chi connectivity index (χ3n) is 6.76. The maximum absolute atomic E-state index is 14.9. The lowest BCUT2D eigenvalue weighted by atomic mass is 9.82. The minimum atomic E-state index is -1.18. The van der Waals surface area contributed by atoms with Crippen LogP contribution in [0.3, 0.4) is 0 Å². The Morgan fingerprint density at radius 2 is 1.71 bits per heavy atom. The fourth-order valence-electron chi connectivity index (χ4n) is 4.74. The summed E-state index contributed by atoms with van der Waals surface area (Å²) in [5, 5.41) is 0. The molecule has 0 atom stereocenters. The highest BCUT2D eigenvalue weighted by Gasteiger charge is 2.27. The molecule has 4 nitrogen and oxygen atoms in total. The van der Waals surface area contributed by atoms with E-state index in [-0.39, 0.29) is 17.6 Å².